The number of hydrogen-bond donors (Lipinski definition) is 3. The second kappa shape index (κ2) is 6.87. The van der Waals surface area contributed by atoms with Crippen molar-refractivity contribution < 1.29 is 9.59 Å². The van der Waals surface area contributed by atoms with Crippen molar-refractivity contribution in [2.45, 2.75) is 37.5 Å². The Morgan fingerprint density at radius 2 is 1.94 bits per heavy atom. The zero-order chi connectivity index (χ0) is 22.8. The van der Waals surface area contributed by atoms with Gasteiger partial charge in [0.15, 0.2) is 11.3 Å². The molecule has 0 bridgehead atoms. The van der Waals surface area contributed by atoms with Gasteiger partial charge in [-0.15, -0.1) is 10.2 Å². The number of anilines is 3. The molecule has 1 saturated heterocycles. The Bertz CT molecular complexity index is 1290. The number of pyridine rings is 1. The molecule has 0 aromatic carbocycles. The highest BCUT2D eigenvalue weighted by molar-refractivity contribution is 5.98. The fourth-order valence-electron chi connectivity index (χ4n) is 4.73. The Labute approximate surface area is 189 Å². The summed E-state index contributed by atoms with van der Waals surface area (Å²) in [5, 5.41) is 18.4. The molecule has 2 aliphatic carbocycles. The molecule has 6 rings (SSSR count). The molecule has 3 aromatic heterocycles. The summed E-state index contributed by atoms with van der Waals surface area (Å²) in [6.07, 6.45) is 7.12. The first kappa shape index (κ1) is 19.9. The van der Waals surface area contributed by atoms with Crippen LogP contribution in [0.25, 0.3) is 5.65 Å². The third kappa shape index (κ3) is 3.26. The minimum Gasteiger partial charge on any atom is -0.370 e. The summed E-state index contributed by atoms with van der Waals surface area (Å²) in [4.78, 5) is 31.3. The van der Waals surface area contributed by atoms with Crippen LogP contribution in [-0.2, 0) is 10.2 Å². The Balaban J connectivity index is 1.32. The summed E-state index contributed by atoms with van der Waals surface area (Å²) in [5.41, 5.74) is 8.02. The van der Waals surface area contributed by atoms with Crippen LogP contribution in [-0.4, -0.2) is 56.7 Å². The average molecular weight is 448 g/mol. The molecule has 0 radical (unpaired) electrons. The van der Waals surface area contributed by atoms with Crippen LogP contribution in [0.3, 0.4) is 0 Å². The number of rotatable bonds is 6. The van der Waals surface area contributed by atoms with Gasteiger partial charge in [0.1, 0.15) is 0 Å². The summed E-state index contributed by atoms with van der Waals surface area (Å²) in [6, 6.07) is 5.65. The highest BCUT2D eigenvalue weighted by atomic mass is 16.2. The van der Waals surface area contributed by atoms with E-state index in [2.05, 4.69) is 41.9 Å². The van der Waals surface area contributed by atoms with Crippen molar-refractivity contribution in [1.29, 1.82) is 0 Å². The van der Waals surface area contributed by atoms with E-state index in [0.29, 0.717) is 41.2 Å². The van der Waals surface area contributed by atoms with Crippen molar-refractivity contribution in [3.8, 4) is 0 Å². The Morgan fingerprint density at radius 3 is 2.61 bits per heavy atom. The van der Waals surface area contributed by atoms with Gasteiger partial charge in [-0.3, -0.25) is 9.59 Å². The van der Waals surface area contributed by atoms with E-state index < -0.39 is 17.2 Å². The zero-order valence-electron chi connectivity index (χ0n) is 18.3. The first-order chi connectivity index (χ1) is 15.9. The van der Waals surface area contributed by atoms with Gasteiger partial charge in [-0.25, -0.2) is 4.52 Å². The van der Waals surface area contributed by atoms with Gasteiger partial charge in [-0.2, -0.15) is 10.1 Å². The summed E-state index contributed by atoms with van der Waals surface area (Å²) in [5.74, 6) is -0.529. The first-order valence-corrected chi connectivity index (χ1v) is 11.2. The maximum atomic E-state index is 12.4. The van der Waals surface area contributed by atoms with Crippen LogP contribution in [0, 0.1) is 5.41 Å². The van der Waals surface area contributed by atoms with E-state index in [1.54, 1.807) is 10.6 Å². The maximum absolute atomic E-state index is 12.4. The second-order valence-corrected chi connectivity index (χ2v) is 9.44. The van der Waals surface area contributed by atoms with Gasteiger partial charge in [0.2, 0.25) is 11.9 Å². The molecule has 33 heavy (non-hydrogen) atoms. The number of carbonyl (C=O) groups excluding carboxylic acids is 2. The summed E-state index contributed by atoms with van der Waals surface area (Å²) < 4.78 is 1.73. The number of nitrogens with two attached hydrogens (primary N) is 1. The second-order valence-electron chi connectivity index (χ2n) is 9.44. The molecule has 3 aromatic rings. The molecule has 11 heteroatoms. The van der Waals surface area contributed by atoms with Crippen molar-refractivity contribution in [1.82, 2.24) is 30.1 Å². The molecule has 0 atom stereocenters. The largest absolute Gasteiger partial charge is 0.370 e. The predicted molar refractivity (Wildman–Crippen MR) is 120 cm³/mol. The monoisotopic (exact) mass is 447 g/mol. The van der Waals surface area contributed by atoms with Gasteiger partial charge in [0.25, 0.3) is 5.91 Å². The van der Waals surface area contributed by atoms with Crippen LogP contribution in [0.1, 0.15) is 48.3 Å². The number of aromatic nitrogens is 5. The van der Waals surface area contributed by atoms with E-state index >= 15 is 0 Å². The number of nitrogens with one attached hydrogen (secondary N) is 2. The normalized spacial score (nSPS) is 19.6. The number of amides is 2. The van der Waals surface area contributed by atoms with Crippen molar-refractivity contribution in [3.63, 3.8) is 0 Å². The molecule has 11 nitrogen and oxygen atoms in total. The minimum atomic E-state index is -0.819. The third-order valence-corrected chi connectivity index (χ3v) is 7.27. The van der Waals surface area contributed by atoms with E-state index in [9.17, 15) is 9.59 Å². The summed E-state index contributed by atoms with van der Waals surface area (Å²) >= 11 is 0. The van der Waals surface area contributed by atoms with Crippen LogP contribution in [0.15, 0.2) is 24.4 Å². The highest BCUT2D eigenvalue weighted by Crippen LogP contribution is 2.53. The fourth-order valence-corrected chi connectivity index (χ4v) is 4.73. The molecule has 1 aliphatic heterocycles. The Morgan fingerprint density at radius 1 is 1.12 bits per heavy atom. The first-order valence-electron chi connectivity index (χ1n) is 11.2. The lowest BCUT2D eigenvalue weighted by Gasteiger charge is -2.18. The molecular formula is C22H25N9O2. The number of primary amides is 1. The number of fused-ring (bicyclic) bond motifs is 1. The molecule has 3 aliphatic rings. The van der Waals surface area contributed by atoms with Crippen LogP contribution in [0.4, 0.5) is 17.3 Å². The molecule has 4 heterocycles. The smallest absolute Gasteiger partial charge is 0.273 e. The van der Waals surface area contributed by atoms with Gasteiger partial charge in [-0.05, 0) is 55.7 Å². The third-order valence-electron chi connectivity index (χ3n) is 7.27. The van der Waals surface area contributed by atoms with E-state index in [0.717, 1.165) is 18.8 Å². The molecule has 1 spiro atoms. The lowest BCUT2D eigenvalue weighted by molar-refractivity contribution is -0.120. The van der Waals surface area contributed by atoms with Crippen molar-refractivity contribution in [2.75, 3.05) is 30.4 Å². The lowest BCUT2D eigenvalue weighted by atomic mass is 10.0. The molecular weight excluding hydrogens is 422 g/mol. The quantitative estimate of drug-likeness (QED) is 0.510. The summed E-state index contributed by atoms with van der Waals surface area (Å²) in [6.45, 7) is 2.16. The van der Waals surface area contributed by atoms with Crippen molar-refractivity contribution >= 4 is 34.8 Å². The van der Waals surface area contributed by atoms with Gasteiger partial charge in [0, 0.05) is 20.1 Å². The Kier molecular flexibility index (Phi) is 4.14. The zero-order valence-corrected chi connectivity index (χ0v) is 18.3. The van der Waals surface area contributed by atoms with Gasteiger partial charge in [-0.1, -0.05) is 0 Å². The van der Waals surface area contributed by atoms with Crippen molar-refractivity contribution in [2.24, 2.45) is 11.1 Å². The molecule has 2 amide bonds. The molecule has 3 fully saturated rings. The minimum absolute atomic E-state index is 0.0906. The standard InChI is InChI=1S/C22H25N9O2/c1-24-18(32)17-14(10-15(27-28-17)22(6-7-22)19(23)33)25-20-26-16-3-2-13(11-31(16)29-20)30-9-8-21(12-30)4-5-21/h2-3,10-11H,4-9,12H2,1H3,(H2,23,33)(H,24,32)(H,25,27,29). The fraction of sp³-hybridized carbons (Fsp3) is 0.455. The van der Waals surface area contributed by atoms with Gasteiger partial charge in [0.05, 0.1) is 28.7 Å². The topological polar surface area (TPSA) is 143 Å². The van der Waals surface area contributed by atoms with Gasteiger partial charge < -0.3 is 21.3 Å². The SMILES string of the molecule is CNC(=O)c1nnc(C2(C(N)=O)CC2)cc1Nc1nc2ccc(N3CCC4(CC4)C3)cn2n1. The van der Waals surface area contributed by atoms with Crippen molar-refractivity contribution in [3.05, 3.63) is 35.8 Å². The van der Waals surface area contributed by atoms with Crippen LogP contribution < -0.4 is 21.3 Å². The van der Waals surface area contributed by atoms with Crippen LogP contribution >= 0.6 is 0 Å². The summed E-state index contributed by atoms with van der Waals surface area (Å²) in [7, 11) is 1.52. The molecule has 2 saturated carbocycles. The number of carbonyl (C=O) groups is 2. The van der Waals surface area contributed by atoms with E-state index in [4.69, 9.17) is 5.73 Å². The molecule has 4 N–H and O–H groups in total. The number of hydrogen-bond acceptors (Lipinski definition) is 8. The maximum Gasteiger partial charge on any atom is 0.273 e. The molecule has 0 unspecified atom stereocenters. The van der Waals surface area contributed by atoms with Crippen LogP contribution in [0.5, 0.6) is 0 Å². The van der Waals surface area contributed by atoms with Gasteiger partial charge >= 0.3 is 0 Å². The average Bonchev–Trinajstić information content (AvgIpc) is 3.69. The number of nitrogens with zero attached hydrogens (tertiary/aromatic N) is 6. The van der Waals surface area contributed by atoms with E-state index in [1.165, 1.54) is 26.3 Å². The highest BCUT2D eigenvalue weighted by Gasteiger charge is 2.52. The lowest BCUT2D eigenvalue weighted by Crippen LogP contribution is -2.30. The predicted octanol–water partition coefficient (Wildman–Crippen LogP) is 1.13. The van der Waals surface area contributed by atoms with Crippen LogP contribution in [0.2, 0.25) is 0 Å². The van der Waals surface area contributed by atoms with E-state index in [1.807, 2.05) is 12.3 Å². The van der Waals surface area contributed by atoms with E-state index in [-0.39, 0.29) is 5.69 Å². The Hall–Kier alpha value is -3.76. The molecule has 170 valence electrons.